The number of halogens is 1. The summed E-state index contributed by atoms with van der Waals surface area (Å²) in [5, 5.41) is 0.669. The van der Waals surface area contributed by atoms with Gasteiger partial charge in [0.25, 0.3) is 5.91 Å². The van der Waals surface area contributed by atoms with Crippen LogP contribution in [-0.4, -0.2) is 29.1 Å². The van der Waals surface area contributed by atoms with Crippen LogP contribution in [0.2, 0.25) is 0 Å². The lowest BCUT2D eigenvalue weighted by Crippen LogP contribution is -2.28. The molecule has 0 atom stereocenters. The average molecular weight is 505 g/mol. The molecule has 0 radical (unpaired) electrons. The van der Waals surface area contributed by atoms with Crippen LogP contribution in [-0.2, 0) is 11.4 Å². The average Bonchev–Trinajstić information content (AvgIpc) is 3.14. The van der Waals surface area contributed by atoms with Crippen LogP contribution in [0, 0.1) is 19.7 Å². The summed E-state index contributed by atoms with van der Waals surface area (Å²) in [5.41, 5.74) is 4.59. The zero-order chi connectivity index (χ0) is 25.7. The lowest BCUT2D eigenvalue weighted by atomic mass is 10.1. The number of hydrogen-bond acceptors (Lipinski definition) is 5. The van der Waals surface area contributed by atoms with Gasteiger partial charge < -0.3 is 9.47 Å². The molecule has 7 heteroatoms. The van der Waals surface area contributed by atoms with Crippen LogP contribution < -0.4 is 9.47 Å². The number of carbonyl (C=O) groups is 1. The SMILES string of the molecule is CCOc1cc(/C=C2/SC(=Nc3cc(C)ccc3C)N(CC)C2=O)ccc1OCc1cccc(F)c1. The molecule has 0 aliphatic carbocycles. The first-order chi connectivity index (χ1) is 17.4. The second-order valence-corrected chi connectivity index (χ2v) is 9.41. The van der Waals surface area contributed by atoms with Crippen molar-refractivity contribution in [2.24, 2.45) is 4.99 Å². The van der Waals surface area contributed by atoms with Gasteiger partial charge in [-0.3, -0.25) is 9.69 Å². The van der Waals surface area contributed by atoms with Crippen LogP contribution in [0.25, 0.3) is 6.08 Å². The summed E-state index contributed by atoms with van der Waals surface area (Å²) < 4.78 is 25.2. The Kier molecular flexibility index (Phi) is 8.10. The number of nitrogens with zero attached hydrogens (tertiary/aromatic N) is 2. The zero-order valence-electron chi connectivity index (χ0n) is 20.9. The van der Waals surface area contributed by atoms with E-state index in [4.69, 9.17) is 14.5 Å². The third-order valence-corrected chi connectivity index (χ3v) is 6.64. The second kappa shape index (κ2) is 11.4. The summed E-state index contributed by atoms with van der Waals surface area (Å²) in [7, 11) is 0. The number of thioether (sulfide) groups is 1. The number of ether oxygens (including phenoxy) is 2. The number of aryl methyl sites for hydroxylation is 2. The summed E-state index contributed by atoms with van der Waals surface area (Å²) >= 11 is 1.37. The highest BCUT2D eigenvalue weighted by Gasteiger charge is 2.32. The number of likely N-dealkylation sites (N-methyl/N-ethyl adjacent to an activating group) is 1. The van der Waals surface area contributed by atoms with Crippen molar-refractivity contribution in [3.8, 4) is 11.5 Å². The van der Waals surface area contributed by atoms with Gasteiger partial charge in [0.2, 0.25) is 0 Å². The van der Waals surface area contributed by atoms with E-state index in [0.29, 0.717) is 34.7 Å². The number of amidine groups is 1. The van der Waals surface area contributed by atoms with E-state index < -0.39 is 0 Å². The molecule has 0 unspecified atom stereocenters. The van der Waals surface area contributed by atoms with Gasteiger partial charge in [-0.05, 0) is 98.1 Å². The molecule has 1 amide bonds. The minimum absolute atomic E-state index is 0.0732. The molecule has 0 bridgehead atoms. The predicted molar refractivity (Wildman–Crippen MR) is 144 cm³/mol. The first-order valence-corrected chi connectivity index (χ1v) is 12.7. The van der Waals surface area contributed by atoms with Crippen molar-refractivity contribution in [1.29, 1.82) is 0 Å². The zero-order valence-corrected chi connectivity index (χ0v) is 21.7. The summed E-state index contributed by atoms with van der Waals surface area (Å²) in [6.07, 6.45) is 1.85. The number of aliphatic imine (C=N–C) groups is 1. The number of benzene rings is 3. The van der Waals surface area contributed by atoms with E-state index in [1.165, 1.54) is 23.9 Å². The first-order valence-electron chi connectivity index (χ1n) is 11.9. The third-order valence-electron chi connectivity index (χ3n) is 5.63. The Balaban J connectivity index is 1.58. The number of amides is 1. The molecule has 3 aromatic carbocycles. The fourth-order valence-corrected chi connectivity index (χ4v) is 4.81. The summed E-state index contributed by atoms with van der Waals surface area (Å²) in [6, 6.07) is 18.0. The van der Waals surface area contributed by atoms with Gasteiger partial charge in [0.15, 0.2) is 16.7 Å². The summed E-state index contributed by atoms with van der Waals surface area (Å²) in [4.78, 5) is 20.2. The van der Waals surface area contributed by atoms with Gasteiger partial charge in [-0.2, -0.15) is 0 Å². The van der Waals surface area contributed by atoms with Crippen molar-refractivity contribution < 1.29 is 18.7 Å². The highest BCUT2D eigenvalue weighted by Crippen LogP contribution is 2.36. The quantitative estimate of drug-likeness (QED) is 0.309. The summed E-state index contributed by atoms with van der Waals surface area (Å²) in [6.45, 7) is 9.09. The molecule has 0 spiro atoms. The molecule has 1 aliphatic heterocycles. The van der Waals surface area contributed by atoms with Gasteiger partial charge in [0, 0.05) is 6.54 Å². The predicted octanol–water partition coefficient (Wildman–Crippen LogP) is 7.04. The van der Waals surface area contributed by atoms with Crippen molar-refractivity contribution in [3.63, 3.8) is 0 Å². The van der Waals surface area contributed by atoms with Crippen molar-refractivity contribution in [2.75, 3.05) is 13.2 Å². The molecule has 5 nitrogen and oxygen atoms in total. The fourth-order valence-electron chi connectivity index (χ4n) is 3.75. The van der Waals surface area contributed by atoms with Crippen LogP contribution in [0.15, 0.2) is 70.6 Å². The minimum Gasteiger partial charge on any atom is -0.490 e. The fraction of sp³-hybridized carbons (Fsp3) is 0.241. The topological polar surface area (TPSA) is 51.1 Å². The molecular weight excluding hydrogens is 475 g/mol. The van der Waals surface area contributed by atoms with Crippen LogP contribution >= 0.6 is 11.8 Å². The monoisotopic (exact) mass is 504 g/mol. The number of rotatable bonds is 8. The Morgan fingerprint density at radius 2 is 1.83 bits per heavy atom. The smallest absolute Gasteiger partial charge is 0.266 e. The number of carbonyl (C=O) groups excluding carboxylic acids is 1. The van der Waals surface area contributed by atoms with Crippen molar-refractivity contribution in [1.82, 2.24) is 4.90 Å². The van der Waals surface area contributed by atoms with Crippen molar-refractivity contribution in [2.45, 2.75) is 34.3 Å². The van der Waals surface area contributed by atoms with E-state index in [0.717, 1.165) is 27.9 Å². The molecule has 3 aromatic rings. The van der Waals surface area contributed by atoms with Crippen LogP contribution in [0.1, 0.15) is 36.1 Å². The Morgan fingerprint density at radius 3 is 2.58 bits per heavy atom. The maximum Gasteiger partial charge on any atom is 0.266 e. The standard InChI is InChI=1S/C29H29FN2O3S/c1-5-32-28(33)27(36-29(32)31-24-14-19(3)10-11-20(24)4)17-21-12-13-25(26(16-21)34-6-2)35-18-22-8-7-9-23(30)15-22/h7-17H,5-6,18H2,1-4H3/b27-17+,31-29?. The van der Waals surface area contributed by atoms with Gasteiger partial charge in [0.05, 0.1) is 17.2 Å². The highest BCUT2D eigenvalue weighted by molar-refractivity contribution is 8.18. The van der Waals surface area contributed by atoms with E-state index in [-0.39, 0.29) is 18.3 Å². The van der Waals surface area contributed by atoms with E-state index in [1.54, 1.807) is 11.0 Å². The molecule has 36 heavy (non-hydrogen) atoms. The lowest BCUT2D eigenvalue weighted by Gasteiger charge is -2.13. The molecule has 0 N–H and O–H groups in total. The van der Waals surface area contributed by atoms with Gasteiger partial charge >= 0.3 is 0 Å². The Bertz CT molecular complexity index is 1340. The van der Waals surface area contributed by atoms with Crippen molar-refractivity contribution >= 4 is 34.6 Å². The van der Waals surface area contributed by atoms with Gasteiger partial charge in [0.1, 0.15) is 12.4 Å². The molecule has 1 heterocycles. The van der Waals surface area contributed by atoms with Crippen LogP contribution in [0.5, 0.6) is 11.5 Å². The Hall–Kier alpha value is -3.58. The maximum absolute atomic E-state index is 13.5. The van der Waals surface area contributed by atoms with Crippen molar-refractivity contribution in [3.05, 3.63) is 93.6 Å². The van der Waals surface area contributed by atoms with Gasteiger partial charge in [-0.1, -0.05) is 30.3 Å². The molecular formula is C29H29FN2O3S. The minimum atomic E-state index is -0.302. The third kappa shape index (κ3) is 5.97. The van der Waals surface area contributed by atoms with E-state index in [9.17, 15) is 9.18 Å². The Morgan fingerprint density at radius 1 is 1.00 bits per heavy atom. The first kappa shape index (κ1) is 25.5. The largest absolute Gasteiger partial charge is 0.490 e. The number of hydrogen-bond donors (Lipinski definition) is 0. The maximum atomic E-state index is 13.5. The second-order valence-electron chi connectivity index (χ2n) is 8.40. The van der Waals surface area contributed by atoms with Crippen LogP contribution in [0.4, 0.5) is 10.1 Å². The molecule has 1 saturated heterocycles. The van der Waals surface area contributed by atoms with Crippen LogP contribution in [0.3, 0.4) is 0 Å². The van der Waals surface area contributed by atoms with E-state index >= 15 is 0 Å². The lowest BCUT2D eigenvalue weighted by molar-refractivity contribution is -0.122. The molecule has 1 fully saturated rings. The molecule has 186 valence electrons. The van der Waals surface area contributed by atoms with Gasteiger partial charge in [-0.25, -0.2) is 9.38 Å². The molecule has 1 aliphatic rings. The van der Waals surface area contributed by atoms with Gasteiger partial charge in [-0.15, -0.1) is 0 Å². The summed E-state index contributed by atoms with van der Waals surface area (Å²) in [5.74, 6) is 0.746. The molecule has 0 aromatic heterocycles. The highest BCUT2D eigenvalue weighted by atomic mass is 32.2. The molecule has 0 saturated carbocycles. The normalized spacial score (nSPS) is 15.7. The van der Waals surface area contributed by atoms with E-state index in [2.05, 4.69) is 6.07 Å². The Labute approximate surface area is 215 Å². The van der Waals surface area contributed by atoms with E-state index in [1.807, 2.05) is 70.2 Å². The molecule has 4 rings (SSSR count).